The summed E-state index contributed by atoms with van der Waals surface area (Å²) in [5.41, 5.74) is 1.73. The Balaban J connectivity index is 1.69. The summed E-state index contributed by atoms with van der Waals surface area (Å²) in [6.45, 7) is 2.64. The predicted octanol–water partition coefficient (Wildman–Crippen LogP) is 0.276. The maximum absolute atomic E-state index is 12.3. The average Bonchev–Trinajstić information content (AvgIpc) is 3.16. The van der Waals surface area contributed by atoms with Crippen LogP contribution in [0.4, 0.5) is 0 Å². The molecule has 3 N–H and O–H groups in total. The number of hydrogen-bond acceptors (Lipinski definition) is 6. The molecule has 0 saturated heterocycles. The zero-order valence-corrected chi connectivity index (χ0v) is 14.8. The highest BCUT2D eigenvalue weighted by Crippen LogP contribution is 2.19. The first kappa shape index (κ1) is 17.1. The number of aromatic nitrogens is 2. The number of aryl methyl sites for hydroxylation is 1. The van der Waals surface area contributed by atoms with Crippen LogP contribution in [0.15, 0.2) is 22.4 Å². The zero-order chi connectivity index (χ0) is 17.2. The van der Waals surface area contributed by atoms with E-state index in [1.165, 1.54) is 18.5 Å². The molecule has 130 valence electrons. The van der Waals surface area contributed by atoms with Crippen molar-refractivity contribution in [1.82, 2.24) is 25.1 Å². The van der Waals surface area contributed by atoms with E-state index >= 15 is 0 Å². The van der Waals surface area contributed by atoms with Crippen LogP contribution >= 0.6 is 11.3 Å². The lowest BCUT2D eigenvalue weighted by Crippen LogP contribution is -2.23. The maximum Gasteiger partial charge on any atom is 0.261 e. The summed E-state index contributed by atoms with van der Waals surface area (Å²) in [6.07, 6.45) is 0.997. The molecular weight excluding hydrogens is 350 g/mol. The second-order valence-electron chi connectivity index (χ2n) is 5.43. The topological polar surface area (TPSA) is 105 Å². The van der Waals surface area contributed by atoms with Crippen molar-refractivity contribution in [3.05, 3.63) is 33.8 Å². The van der Waals surface area contributed by atoms with E-state index in [0.29, 0.717) is 10.6 Å². The number of thiophene rings is 1. The molecule has 0 aromatic carbocycles. The van der Waals surface area contributed by atoms with Gasteiger partial charge in [0.25, 0.3) is 5.91 Å². The van der Waals surface area contributed by atoms with E-state index in [0.717, 1.165) is 43.1 Å². The molecule has 2 aromatic rings. The number of carbonyl (C=O) groups excluding carboxylic acids is 1. The van der Waals surface area contributed by atoms with E-state index in [4.69, 9.17) is 0 Å². The van der Waals surface area contributed by atoms with Gasteiger partial charge in [-0.3, -0.25) is 9.48 Å². The summed E-state index contributed by atoms with van der Waals surface area (Å²) < 4.78 is 29.1. The van der Waals surface area contributed by atoms with Crippen LogP contribution in [-0.2, 0) is 29.7 Å². The van der Waals surface area contributed by atoms with Crippen LogP contribution in [0.3, 0.4) is 0 Å². The van der Waals surface area contributed by atoms with E-state index in [-0.39, 0.29) is 17.3 Å². The van der Waals surface area contributed by atoms with Gasteiger partial charge >= 0.3 is 0 Å². The minimum atomic E-state index is -3.67. The molecule has 0 unspecified atom stereocenters. The monoisotopic (exact) mass is 369 g/mol. The minimum Gasteiger partial charge on any atom is -0.354 e. The summed E-state index contributed by atoms with van der Waals surface area (Å²) in [5.74, 6) is -0.299. The average molecular weight is 369 g/mol. The molecule has 0 aliphatic carbocycles. The van der Waals surface area contributed by atoms with Crippen molar-refractivity contribution < 1.29 is 13.2 Å². The number of hydrogen-bond donors (Lipinski definition) is 3. The third-order valence-corrected chi connectivity index (χ3v) is 6.18. The summed E-state index contributed by atoms with van der Waals surface area (Å²) in [6, 6.07) is 3.28. The number of amides is 1. The molecule has 3 rings (SSSR count). The molecule has 0 atom stereocenters. The van der Waals surface area contributed by atoms with Gasteiger partial charge in [-0.15, -0.1) is 11.3 Å². The molecule has 3 heterocycles. The molecule has 24 heavy (non-hydrogen) atoms. The molecule has 0 saturated carbocycles. The van der Waals surface area contributed by atoms with Crippen molar-refractivity contribution in [2.45, 2.75) is 31.0 Å². The zero-order valence-electron chi connectivity index (χ0n) is 13.2. The molecule has 0 fully saturated rings. The molecule has 2 aromatic heterocycles. The molecule has 8 nitrogen and oxygen atoms in total. The number of sulfonamides is 1. The van der Waals surface area contributed by atoms with Gasteiger partial charge in [0, 0.05) is 25.5 Å². The summed E-state index contributed by atoms with van der Waals surface area (Å²) in [7, 11) is -2.17. The Bertz CT molecular complexity index is 817. The van der Waals surface area contributed by atoms with Gasteiger partial charge in [-0.2, -0.15) is 5.10 Å². The van der Waals surface area contributed by atoms with Crippen LogP contribution in [0.25, 0.3) is 0 Å². The first-order valence-corrected chi connectivity index (χ1v) is 9.92. The lowest BCUT2D eigenvalue weighted by atomic mass is 10.3. The Hall–Kier alpha value is -1.75. The van der Waals surface area contributed by atoms with Crippen molar-refractivity contribution in [3.8, 4) is 0 Å². The lowest BCUT2D eigenvalue weighted by molar-refractivity contribution is 0.0967. The quantitative estimate of drug-likeness (QED) is 0.702. The third kappa shape index (κ3) is 3.66. The molecule has 1 amide bonds. The van der Waals surface area contributed by atoms with E-state index in [2.05, 4.69) is 20.5 Å². The number of nitrogens with one attached hydrogen (secondary N) is 3. The van der Waals surface area contributed by atoms with Gasteiger partial charge in [0.2, 0.25) is 10.0 Å². The molecule has 1 aliphatic rings. The van der Waals surface area contributed by atoms with Gasteiger partial charge < -0.3 is 10.6 Å². The highest BCUT2D eigenvalue weighted by atomic mass is 32.2. The number of nitrogens with zero attached hydrogens (tertiary/aromatic N) is 2. The summed E-state index contributed by atoms with van der Waals surface area (Å²) >= 11 is 1.10. The standard InChI is InChI=1S/C14H19N5O3S2/c1-15-14(20)13-6-12(9-23-13)24(21,22)17-7-10-5-11-8-16-3-2-4-19(11)18-10/h5-6,9,16-17H,2-4,7-8H2,1H3,(H,15,20). The van der Waals surface area contributed by atoms with Crippen molar-refractivity contribution in [2.75, 3.05) is 13.6 Å². The Morgan fingerprint density at radius 3 is 3.08 bits per heavy atom. The highest BCUT2D eigenvalue weighted by molar-refractivity contribution is 7.89. The second-order valence-corrected chi connectivity index (χ2v) is 8.11. The lowest BCUT2D eigenvalue weighted by Gasteiger charge is -2.03. The fraction of sp³-hybridized carbons (Fsp3) is 0.429. The van der Waals surface area contributed by atoms with Gasteiger partial charge in [0.05, 0.1) is 27.7 Å². The van der Waals surface area contributed by atoms with Crippen molar-refractivity contribution in [1.29, 1.82) is 0 Å². The Kier molecular flexibility index (Phi) is 4.99. The van der Waals surface area contributed by atoms with Crippen molar-refractivity contribution >= 4 is 27.3 Å². The van der Waals surface area contributed by atoms with Crippen LogP contribution < -0.4 is 15.4 Å². The van der Waals surface area contributed by atoms with Crippen LogP contribution in [0.1, 0.15) is 27.5 Å². The van der Waals surface area contributed by atoms with Gasteiger partial charge in [-0.05, 0) is 25.1 Å². The fourth-order valence-corrected chi connectivity index (χ4v) is 4.68. The van der Waals surface area contributed by atoms with Crippen LogP contribution in [-0.4, -0.2) is 37.7 Å². The third-order valence-electron chi connectivity index (χ3n) is 3.72. The van der Waals surface area contributed by atoms with E-state index < -0.39 is 10.0 Å². The molecule has 10 heteroatoms. The molecule has 0 radical (unpaired) electrons. The first-order chi connectivity index (χ1) is 11.5. The SMILES string of the molecule is CNC(=O)c1cc(S(=O)(=O)NCc2cc3n(n2)CCCNC3)cs1. The van der Waals surface area contributed by atoms with Crippen LogP contribution in [0.5, 0.6) is 0 Å². The molecular formula is C14H19N5O3S2. The van der Waals surface area contributed by atoms with Gasteiger partial charge in [-0.25, -0.2) is 13.1 Å². The predicted molar refractivity (Wildman–Crippen MR) is 90.3 cm³/mol. The highest BCUT2D eigenvalue weighted by Gasteiger charge is 2.19. The largest absolute Gasteiger partial charge is 0.354 e. The van der Waals surface area contributed by atoms with Gasteiger partial charge in [0.15, 0.2) is 0 Å². The number of fused-ring (bicyclic) bond motifs is 1. The summed E-state index contributed by atoms with van der Waals surface area (Å²) in [5, 5.41) is 11.7. The first-order valence-electron chi connectivity index (χ1n) is 7.56. The Labute approximate surface area is 144 Å². The summed E-state index contributed by atoms with van der Waals surface area (Å²) in [4.78, 5) is 12.0. The van der Waals surface area contributed by atoms with Crippen molar-refractivity contribution in [3.63, 3.8) is 0 Å². The van der Waals surface area contributed by atoms with Gasteiger partial charge in [0.1, 0.15) is 0 Å². The smallest absolute Gasteiger partial charge is 0.261 e. The molecule has 0 bridgehead atoms. The Morgan fingerprint density at radius 1 is 1.46 bits per heavy atom. The van der Waals surface area contributed by atoms with E-state index in [9.17, 15) is 13.2 Å². The van der Waals surface area contributed by atoms with Crippen LogP contribution in [0.2, 0.25) is 0 Å². The maximum atomic E-state index is 12.3. The molecule has 1 aliphatic heterocycles. The second kappa shape index (κ2) is 7.01. The fourth-order valence-electron chi connectivity index (χ4n) is 2.46. The minimum absolute atomic E-state index is 0.0912. The normalized spacial score (nSPS) is 14.9. The number of carbonyl (C=O) groups is 1. The molecule has 0 spiro atoms. The number of rotatable bonds is 5. The van der Waals surface area contributed by atoms with Crippen LogP contribution in [0, 0.1) is 0 Å². The van der Waals surface area contributed by atoms with E-state index in [1.807, 2.05) is 10.7 Å². The Morgan fingerprint density at radius 2 is 2.29 bits per heavy atom. The van der Waals surface area contributed by atoms with Gasteiger partial charge in [-0.1, -0.05) is 0 Å². The van der Waals surface area contributed by atoms with E-state index in [1.54, 1.807) is 0 Å². The van der Waals surface area contributed by atoms with Crippen molar-refractivity contribution in [2.24, 2.45) is 0 Å².